The maximum atomic E-state index is 12.5. The average molecular weight is 265 g/mol. The molecule has 1 aliphatic rings. The van der Waals surface area contributed by atoms with Gasteiger partial charge in [0.15, 0.2) is 0 Å². The molecule has 0 saturated carbocycles. The average Bonchev–Trinajstić information content (AvgIpc) is 3.03. The van der Waals surface area contributed by atoms with Crippen LogP contribution in [0, 0.1) is 0 Å². The molecule has 100 valence electrons. The third kappa shape index (κ3) is 1.45. The first-order valence-electron chi connectivity index (χ1n) is 6.79. The zero-order chi connectivity index (χ0) is 13.7. The van der Waals surface area contributed by atoms with Crippen LogP contribution in [0.1, 0.15) is 5.56 Å². The largest absolute Gasteiger partial charge is 0.384 e. The lowest BCUT2D eigenvalue weighted by Crippen LogP contribution is -2.20. The molecule has 4 nitrogen and oxygen atoms in total. The number of hydrogen-bond acceptors (Lipinski definition) is 2. The van der Waals surface area contributed by atoms with Gasteiger partial charge in [-0.1, -0.05) is 18.2 Å². The fourth-order valence-corrected chi connectivity index (χ4v) is 2.96. The number of aryl methyl sites for hydroxylation is 1. The van der Waals surface area contributed by atoms with Gasteiger partial charge in [-0.05, 0) is 36.2 Å². The number of benzene rings is 2. The number of rotatable bonds is 1. The summed E-state index contributed by atoms with van der Waals surface area (Å²) in [6, 6.07) is 14.1. The number of imidazole rings is 1. The number of anilines is 1. The van der Waals surface area contributed by atoms with Gasteiger partial charge in [0, 0.05) is 19.3 Å². The number of para-hydroxylation sites is 2. The van der Waals surface area contributed by atoms with Gasteiger partial charge in [-0.15, -0.1) is 0 Å². The Labute approximate surface area is 116 Å². The highest BCUT2D eigenvalue weighted by Crippen LogP contribution is 2.26. The molecule has 0 amide bonds. The molecule has 2 heterocycles. The predicted molar refractivity (Wildman–Crippen MR) is 80.7 cm³/mol. The Kier molecular flexibility index (Phi) is 2.27. The van der Waals surface area contributed by atoms with E-state index in [2.05, 4.69) is 17.4 Å². The predicted octanol–water partition coefficient (Wildman–Crippen LogP) is 2.30. The molecular formula is C16H15N3O. The Hall–Kier alpha value is -2.49. The van der Waals surface area contributed by atoms with E-state index in [9.17, 15) is 4.79 Å². The van der Waals surface area contributed by atoms with E-state index in [0.29, 0.717) is 0 Å². The van der Waals surface area contributed by atoms with Crippen LogP contribution >= 0.6 is 0 Å². The fourth-order valence-electron chi connectivity index (χ4n) is 2.96. The summed E-state index contributed by atoms with van der Waals surface area (Å²) < 4.78 is 3.46. The first-order valence-corrected chi connectivity index (χ1v) is 6.79. The number of aromatic nitrogens is 2. The molecule has 4 rings (SSSR count). The van der Waals surface area contributed by atoms with Gasteiger partial charge in [0.2, 0.25) is 0 Å². The lowest BCUT2D eigenvalue weighted by molar-refractivity contribution is 0.846. The second-order valence-corrected chi connectivity index (χ2v) is 5.18. The molecule has 1 N–H and O–H groups in total. The van der Waals surface area contributed by atoms with Crippen molar-refractivity contribution in [1.29, 1.82) is 0 Å². The maximum absolute atomic E-state index is 12.5. The molecular weight excluding hydrogens is 250 g/mol. The Morgan fingerprint density at radius 3 is 2.75 bits per heavy atom. The molecule has 1 aliphatic heterocycles. The Bertz CT molecular complexity index is 873. The van der Waals surface area contributed by atoms with Crippen molar-refractivity contribution in [3.8, 4) is 5.69 Å². The second-order valence-electron chi connectivity index (χ2n) is 5.18. The van der Waals surface area contributed by atoms with Crippen molar-refractivity contribution in [1.82, 2.24) is 9.13 Å². The van der Waals surface area contributed by atoms with Gasteiger partial charge in [-0.25, -0.2) is 4.79 Å². The SMILES string of the molecule is Cn1c(=O)n(-c2ccc3c(c2)NCC3)c2ccccc21. The molecule has 4 heteroatoms. The minimum absolute atomic E-state index is 0.0100. The normalized spacial score (nSPS) is 13.4. The Balaban J connectivity index is 2.03. The molecule has 0 aliphatic carbocycles. The van der Waals surface area contributed by atoms with Crippen LogP contribution in [-0.2, 0) is 13.5 Å². The highest BCUT2D eigenvalue weighted by Gasteiger charge is 2.15. The van der Waals surface area contributed by atoms with E-state index in [-0.39, 0.29) is 5.69 Å². The zero-order valence-corrected chi connectivity index (χ0v) is 11.3. The third-order valence-electron chi connectivity index (χ3n) is 4.02. The summed E-state index contributed by atoms with van der Waals surface area (Å²) in [5.74, 6) is 0. The summed E-state index contributed by atoms with van der Waals surface area (Å²) in [5, 5.41) is 3.36. The van der Waals surface area contributed by atoms with E-state index in [1.807, 2.05) is 37.4 Å². The van der Waals surface area contributed by atoms with Crippen LogP contribution in [0.2, 0.25) is 0 Å². The van der Waals surface area contributed by atoms with Gasteiger partial charge >= 0.3 is 5.69 Å². The number of nitrogens with zero attached hydrogens (tertiary/aromatic N) is 2. The number of hydrogen-bond donors (Lipinski definition) is 1. The molecule has 0 spiro atoms. The smallest absolute Gasteiger partial charge is 0.333 e. The van der Waals surface area contributed by atoms with Crippen LogP contribution in [0.25, 0.3) is 16.7 Å². The van der Waals surface area contributed by atoms with Crippen molar-refractivity contribution in [2.45, 2.75) is 6.42 Å². The molecule has 2 aromatic carbocycles. The van der Waals surface area contributed by atoms with Crippen molar-refractivity contribution in [2.24, 2.45) is 7.05 Å². The number of fused-ring (bicyclic) bond motifs is 2. The summed E-state index contributed by atoms with van der Waals surface area (Å²) in [5.41, 5.74) is 5.26. The monoisotopic (exact) mass is 265 g/mol. The van der Waals surface area contributed by atoms with Gasteiger partial charge in [0.1, 0.15) is 0 Å². The molecule has 0 unspecified atom stereocenters. The van der Waals surface area contributed by atoms with E-state index >= 15 is 0 Å². The molecule has 20 heavy (non-hydrogen) atoms. The molecule has 3 aromatic rings. The molecule has 0 bridgehead atoms. The van der Waals surface area contributed by atoms with Crippen LogP contribution in [0.15, 0.2) is 47.3 Å². The van der Waals surface area contributed by atoms with Gasteiger partial charge in [-0.3, -0.25) is 9.13 Å². The minimum atomic E-state index is -0.0100. The van der Waals surface area contributed by atoms with Crippen LogP contribution in [0.3, 0.4) is 0 Å². The summed E-state index contributed by atoms with van der Waals surface area (Å²) in [4.78, 5) is 12.5. The van der Waals surface area contributed by atoms with Crippen molar-refractivity contribution in [3.63, 3.8) is 0 Å². The molecule has 1 aromatic heterocycles. The van der Waals surface area contributed by atoms with Gasteiger partial charge < -0.3 is 5.32 Å². The lowest BCUT2D eigenvalue weighted by atomic mass is 10.1. The summed E-state index contributed by atoms with van der Waals surface area (Å²) in [6.45, 7) is 0.975. The van der Waals surface area contributed by atoms with Gasteiger partial charge in [0.25, 0.3) is 0 Å². The molecule has 0 saturated heterocycles. The molecule has 0 radical (unpaired) electrons. The van der Waals surface area contributed by atoms with Crippen LogP contribution < -0.4 is 11.0 Å². The third-order valence-corrected chi connectivity index (χ3v) is 4.02. The van der Waals surface area contributed by atoms with Crippen LogP contribution in [0.5, 0.6) is 0 Å². The van der Waals surface area contributed by atoms with E-state index in [1.165, 1.54) is 5.56 Å². The van der Waals surface area contributed by atoms with E-state index in [1.54, 1.807) is 9.13 Å². The fraction of sp³-hybridized carbons (Fsp3) is 0.188. The highest BCUT2D eigenvalue weighted by molar-refractivity contribution is 5.78. The maximum Gasteiger partial charge on any atom is 0.333 e. The van der Waals surface area contributed by atoms with Crippen LogP contribution in [-0.4, -0.2) is 15.7 Å². The van der Waals surface area contributed by atoms with Gasteiger partial charge in [0.05, 0.1) is 16.7 Å². The summed E-state index contributed by atoms with van der Waals surface area (Å²) in [7, 11) is 1.81. The van der Waals surface area contributed by atoms with Crippen molar-refractivity contribution in [3.05, 3.63) is 58.5 Å². The second kappa shape index (κ2) is 4.00. The highest BCUT2D eigenvalue weighted by atomic mass is 16.1. The van der Waals surface area contributed by atoms with Crippen LogP contribution in [0.4, 0.5) is 5.69 Å². The van der Waals surface area contributed by atoms with E-state index in [0.717, 1.165) is 35.4 Å². The quantitative estimate of drug-likeness (QED) is 0.733. The lowest BCUT2D eigenvalue weighted by Gasteiger charge is -2.06. The zero-order valence-electron chi connectivity index (χ0n) is 11.3. The number of nitrogens with one attached hydrogen (secondary N) is 1. The first kappa shape index (κ1) is 11.3. The summed E-state index contributed by atoms with van der Waals surface area (Å²) in [6.07, 6.45) is 1.06. The summed E-state index contributed by atoms with van der Waals surface area (Å²) >= 11 is 0. The van der Waals surface area contributed by atoms with Gasteiger partial charge in [-0.2, -0.15) is 0 Å². The first-order chi connectivity index (χ1) is 9.75. The topological polar surface area (TPSA) is 39.0 Å². The van der Waals surface area contributed by atoms with Crippen molar-refractivity contribution >= 4 is 16.7 Å². The van der Waals surface area contributed by atoms with Crippen molar-refractivity contribution < 1.29 is 0 Å². The Morgan fingerprint density at radius 1 is 1.10 bits per heavy atom. The molecule has 0 fully saturated rings. The minimum Gasteiger partial charge on any atom is -0.384 e. The molecule has 0 atom stereocenters. The standard InChI is InChI=1S/C16H15N3O/c1-18-14-4-2-3-5-15(14)19(16(18)20)12-7-6-11-8-9-17-13(11)10-12/h2-7,10,17H,8-9H2,1H3. The van der Waals surface area contributed by atoms with E-state index in [4.69, 9.17) is 0 Å². The van der Waals surface area contributed by atoms with E-state index < -0.39 is 0 Å². The Morgan fingerprint density at radius 2 is 1.90 bits per heavy atom. The van der Waals surface area contributed by atoms with Crippen molar-refractivity contribution in [2.75, 3.05) is 11.9 Å².